The van der Waals surface area contributed by atoms with Crippen molar-refractivity contribution in [3.05, 3.63) is 36.2 Å². The topological polar surface area (TPSA) is 90.2 Å². The lowest BCUT2D eigenvalue weighted by atomic mass is 10.2. The molecule has 2 heterocycles. The molecule has 0 amide bonds. The summed E-state index contributed by atoms with van der Waals surface area (Å²) in [6, 6.07) is 1.96. The fourth-order valence-corrected chi connectivity index (χ4v) is 5.83. The Morgan fingerprint density at radius 1 is 1.31 bits per heavy atom. The Morgan fingerprint density at radius 3 is 2.72 bits per heavy atom. The first-order valence-corrected chi connectivity index (χ1v) is 11.7. The third-order valence-corrected chi connectivity index (χ3v) is 7.92. The molecule has 2 aromatic rings. The Labute approximate surface area is 173 Å². The Hall–Kier alpha value is -1.84. The molecule has 1 saturated carbocycles. The summed E-state index contributed by atoms with van der Waals surface area (Å²) in [4.78, 5) is 14.8. The van der Waals surface area contributed by atoms with E-state index in [0.717, 1.165) is 43.5 Å². The number of hydrogen-bond donors (Lipinski definition) is 0. The van der Waals surface area contributed by atoms with E-state index < -0.39 is 9.84 Å². The molecule has 1 atom stereocenters. The molecule has 2 aromatic heterocycles. The van der Waals surface area contributed by atoms with Gasteiger partial charge in [0.25, 0.3) is 0 Å². The van der Waals surface area contributed by atoms with E-state index >= 15 is 0 Å². The van der Waals surface area contributed by atoms with Gasteiger partial charge in [-0.1, -0.05) is 12.8 Å². The van der Waals surface area contributed by atoms with Crippen LogP contribution in [0.15, 0.2) is 29.9 Å². The van der Waals surface area contributed by atoms with Gasteiger partial charge in [0.15, 0.2) is 0 Å². The minimum absolute atomic E-state index is 0.0650. The van der Waals surface area contributed by atoms with E-state index in [1.807, 2.05) is 17.7 Å². The summed E-state index contributed by atoms with van der Waals surface area (Å²) in [7, 11) is 0.237. The van der Waals surface area contributed by atoms with Crippen molar-refractivity contribution in [2.75, 3.05) is 20.8 Å². The Morgan fingerprint density at radius 2 is 2.07 bits per heavy atom. The number of ether oxygens (including phenoxy) is 1. The first-order chi connectivity index (χ1) is 13.9. The minimum Gasteiger partial charge on any atom is -0.385 e. The summed E-state index contributed by atoms with van der Waals surface area (Å²) in [5, 5.41) is -0.102. The lowest BCUT2D eigenvalue weighted by Gasteiger charge is -2.25. The maximum Gasteiger partial charge on any atom is 0.228 e. The third kappa shape index (κ3) is 5.02. The van der Waals surface area contributed by atoms with Crippen molar-refractivity contribution >= 4 is 9.84 Å². The van der Waals surface area contributed by atoms with Crippen LogP contribution in [0.5, 0.6) is 0 Å². The number of rotatable bonds is 10. The van der Waals surface area contributed by atoms with Crippen LogP contribution in [0, 0.1) is 0 Å². The molecule has 9 heteroatoms. The Bertz CT molecular complexity index is 879. The molecule has 0 aromatic carbocycles. The molecule has 0 saturated heterocycles. The van der Waals surface area contributed by atoms with Crippen molar-refractivity contribution in [3.8, 4) is 0 Å². The second-order valence-electron chi connectivity index (χ2n) is 7.71. The van der Waals surface area contributed by atoms with Crippen LogP contribution in [0.4, 0.5) is 0 Å². The second-order valence-corrected chi connectivity index (χ2v) is 9.83. The van der Waals surface area contributed by atoms with E-state index in [1.165, 1.54) is 0 Å². The van der Waals surface area contributed by atoms with E-state index in [9.17, 15) is 8.42 Å². The summed E-state index contributed by atoms with van der Waals surface area (Å²) in [5.41, 5.74) is 1.81. The van der Waals surface area contributed by atoms with Crippen LogP contribution in [0.1, 0.15) is 56.5 Å². The number of sulfone groups is 1. The second kappa shape index (κ2) is 9.77. The van der Waals surface area contributed by atoms with Gasteiger partial charge in [-0.25, -0.2) is 23.4 Å². The molecule has 0 spiro atoms. The number of hydrogen-bond acceptors (Lipinski definition) is 7. The lowest BCUT2D eigenvalue weighted by molar-refractivity contribution is 0.187. The van der Waals surface area contributed by atoms with E-state index in [2.05, 4.69) is 26.8 Å². The van der Waals surface area contributed by atoms with Crippen molar-refractivity contribution in [1.82, 2.24) is 24.4 Å². The zero-order valence-electron chi connectivity index (χ0n) is 17.5. The molecular formula is C20H31N5O3S. The molecule has 1 aliphatic carbocycles. The highest BCUT2D eigenvalue weighted by molar-refractivity contribution is 7.91. The van der Waals surface area contributed by atoms with Gasteiger partial charge in [-0.3, -0.25) is 4.90 Å². The van der Waals surface area contributed by atoms with Gasteiger partial charge in [0, 0.05) is 39.0 Å². The average Bonchev–Trinajstić information content (AvgIpc) is 3.39. The van der Waals surface area contributed by atoms with Crippen molar-refractivity contribution < 1.29 is 13.2 Å². The molecule has 1 aliphatic rings. The van der Waals surface area contributed by atoms with E-state index in [1.54, 1.807) is 25.8 Å². The number of nitrogens with zero attached hydrogens (tertiary/aromatic N) is 5. The average molecular weight is 422 g/mol. The molecular weight excluding hydrogens is 390 g/mol. The van der Waals surface area contributed by atoms with Crippen LogP contribution in [0.2, 0.25) is 0 Å². The van der Waals surface area contributed by atoms with Crippen LogP contribution < -0.4 is 0 Å². The van der Waals surface area contributed by atoms with E-state index in [4.69, 9.17) is 4.74 Å². The molecule has 29 heavy (non-hydrogen) atoms. The number of methoxy groups -OCH3 is 1. The monoisotopic (exact) mass is 421 g/mol. The van der Waals surface area contributed by atoms with Gasteiger partial charge < -0.3 is 9.30 Å². The summed E-state index contributed by atoms with van der Waals surface area (Å²) < 4.78 is 33.4. The van der Waals surface area contributed by atoms with Crippen LogP contribution in [-0.4, -0.2) is 58.9 Å². The molecule has 160 valence electrons. The smallest absolute Gasteiger partial charge is 0.228 e. The minimum atomic E-state index is -3.42. The van der Waals surface area contributed by atoms with E-state index in [-0.39, 0.29) is 16.4 Å². The van der Waals surface area contributed by atoms with Crippen LogP contribution in [-0.2, 0) is 27.7 Å². The van der Waals surface area contributed by atoms with Crippen molar-refractivity contribution in [1.29, 1.82) is 0 Å². The SMILES string of the molecule is COCCCn1c(CN(C)[C@H](C)c2ccncn2)cnc1S(=O)(=O)C1CCCC1. The predicted octanol–water partition coefficient (Wildman–Crippen LogP) is 2.62. The highest BCUT2D eigenvalue weighted by Crippen LogP contribution is 2.30. The van der Waals surface area contributed by atoms with Gasteiger partial charge in [-0.15, -0.1) is 0 Å². The standard InChI is InChI=1S/C20H31N5O3S/c1-16(19-9-10-21-15-23-19)24(2)14-17-13-22-20(25(17)11-6-12-28-3)29(26,27)18-7-4-5-8-18/h9-10,13,15-16,18H,4-8,11-12,14H2,1-3H3/t16-/m1/s1. The molecule has 0 radical (unpaired) electrons. The Balaban J connectivity index is 1.85. The fourth-order valence-electron chi connectivity index (χ4n) is 3.87. The van der Waals surface area contributed by atoms with Gasteiger partial charge in [0.05, 0.1) is 22.8 Å². The van der Waals surface area contributed by atoms with Gasteiger partial charge in [0.2, 0.25) is 15.0 Å². The molecule has 0 bridgehead atoms. The van der Waals surface area contributed by atoms with Crippen molar-refractivity contribution in [2.24, 2.45) is 0 Å². The molecule has 0 aliphatic heterocycles. The molecule has 8 nitrogen and oxygen atoms in total. The zero-order valence-corrected chi connectivity index (χ0v) is 18.3. The van der Waals surface area contributed by atoms with E-state index in [0.29, 0.717) is 19.7 Å². The molecule has 0 N–H and O–H groups in total. The van der Waals surface area contributed by atoms with Crippen LogP contribution >= 0.6 is 0 Å². The first kappa shape index (κ1) is 21.9. The van der Waals surface area contributed by atoms with Gasteiger partial charge >= 0.3 is 0 Å². The largest absolute Gasteiger partial charge is 0.385 e. The molecule has 3 rings (SSSR count). The first-order valence-electron chi connectivity index (χ1n) is 10.2. The number of imidazole rings is 1. The van der Waals surface area contributed by atoms with Crippen LogP contribution in [0.3, 0.4) is 0 Å². The summed E-state index contributed by atoms with van der Waals surface area (Å²) in [6.07, 6.45) is 9.12. The lowest BCUT2D eigenvalue weighted by Crippen LogP contribution is -2.26. The van der Waals surface area contributed by atoms with Crippen molar-refractivity contribution in [3.63, 3.8) is 0 Å². The summed E-state index contributed by atoms with van der Waals surface area (Å²) in [5.74, 6) is 0. The number of aromatic nitrogens is 4. The van der Waals surface area contributed by atoms with Gasteiger partial charge in [-0.05, 0) is 39.3 Å². The van der Waals surface area contributed by atoms with Gasteiger partial charge in [-0.2, -0.15) is 0 Å². The summed E-state index contributed by atoms with van der Waals surface area (Å²) >= 11 is 0. The third-order valence-electron chi connectivity index (χ3n) is 5.73. The zero-order chi connectivity index (χ0) is 20.9. The van der Waals surface area contributed by atoms with Crippen molar-refractivity contribution in [2.45, 2.75) is 68.6 Å². The molecule has 1 fully saturated rings. The Kier molecular flexibility index (Phi) is 7.37. The fraction of sp³-hybridized carbons (Fsp3) is 0.650. The quantitative estimate of drug-likeness (QED) is 0.545. The highest BCUT2D eigenvalue weighted by atomic mass is 32.2. The van der Waals surface area contributed by atoms with Gasteiger partial charge in [0.1, 0.15) is 6.33 Å². The maximum atomic E-state index is 13.2. The highest BCUT2D eigenvalue weighted by Gasteiger charge is 2.34. The predicted molar refractivity (Wildman–Crippen MR) is 110 cm³/mol. The maximum absolute atomic E-state index is 13.2. The molecule has 0 unspecified atom stereocenters. The summed E-state index contributed by atoms with van der Waals surface area (Å²) in [6.45, 7) is 3.80. The van der Waals surface area contributed by atoms with Crippen LogP contribution in [0.25, 0.3) is 0 Å². The normalized spacial score (nSPS) is 16.6.